The first-order valence-electron chi connectivity index (χ1n) is 9.07. The van der Waals surface area contributed by atoms with Gasteiger partial charge in [0.05, 0.1) is 6.21 Å². The third-order valence-electron chi connectivity index (χ3n) is 4.32. The highest BCUT2D eigenvalue weighted by Crippen LogP contribution is 2.33. The molecule has 1 amide bonds. The number of carbonyl (C=O) groups is 1. The summed E-state index contributed by atoms with van der Waals surface area (Å²) in [5, 5.41) is 6.29. The highest BCUT2D eigenvalue weighted by molar-refractivity contribution is 9.10. The van der Waals surface area contributed by atoms with E-state index >= 15 is 0 Å². The van der Waals surface area contributed by atoms with Crippen molar-refractivity contribution in [2.24, 2.45) is 5.10 Å². The minimum absolute atomic E-state index is 0.0951. The largest absolute Gasteiger partial charge is 0.483 e. The molecule has 0 unspecified atom stereocenters. The molecule has 0 atom stereocenters. The molecule has 144 valence electrons. The van der Waals surface area contributed by atoms with E-state index in [0.717, 1.165) is 26.4 Å². The van der Waals surface area contributed by atoms with E-state index in [1.54, 1.807) is 6.21 Å². The van der Waals surface area contributed by atoms with E-state index in [2.05, 4.69) is 47.2 Å². The Hall–Kier alpha value is -2.66. The van der Waals surface area contributed by atoms with Gasteiger partial charge in [-0.15, -0.1) is 0 Å². The number of hydrogen-bond acceptors (Lipinski definition) is 3. The summed E-state index contributed by atoms with van der Waals surface area (Å²) in [4.78, 5) is 12.1. The molecule has 0 radical (unpaired) electrons. The molecule has 0 aliphatic carbocycles. The topological polar surface area (TPSA) is 50.7 Å². The molecule has 0 aliphatic heterocycles. The molecule has 3 rings (SSSR count). The van der Waals surface area contributed by atoms with E-state index in [-0.39, 0.29) is 17.9 Å². The maximum absolute atomic E-state index is 12.1. The number of hydrazone groups is 1. The van der Waals surface area contributed by atoms with Crippen molar-refractivity contribution in [1.29, 1.82) is 0 Å². The van der Waals surface area contributed by atoms with Gasteiger partial charge >= 0.3 is 0 Å². The molecule has 28 heavy (non-hydrogen) atoms. The zero-order chi connectivity index (χ0) is 20.1. The van der Waals surface area contributed by atoms with Crippen molar-refractivity contribution in [3.05, 3.63) is 76.3 Å². The van der Waals surface area contributed by atoms with Crippen molar-refractivity contribution in [3.63, 3.8) is 0 Å². The Bertz CT molecular complexity index is 1020. The van der Waals surface area contributed by atoms with Crippen molar-refractivity contribution >= 4 is 38.8 Å². The number of benzene rings is 3. The van der Waals surface area contributed by atoms with Crippen LogP contribution in [0, 0.1) is 0 Å². The Balaban J connectivity index is 1.63. The first-order chi connectivity index (χ1) is 13.3. The molecule has 0 heterocycles. The van der Waals surface area contributed by atoms with Gasteiger partial charge < -0.3 is 4.74 Å². The average Bonchev–Trinajstić information content (AvgIpc) is 2.66. The lowest BCUT2D eigenvalue weighted by molar-refractivity contribution is -0.123. The SMILES string of the molecule is CC(C)(C)c1cc(Br)ccc1OCC(=O)N/N=C/c1cccc2ccccc12. The van der Waals surface area contributed by atoms with Crippen LogP contribution in [0.3, 0.4) is 0 Å². The zero-order valence-electron chi connectivity index (χ0n) is 16.2. The summed E-state index contributed by atoms with van der Waals surface area (Å²) < 4.78 is 6.73. The number of ether oxygens (including phenoxy) is 1. The predicted octanol–water partition coefficient (Wildman–Crippen LogP) is 5.43. The number of nitrogens with zero attached hydrogens (tertiary/aromatic N) is 1. The quantitative estimate of drug-likeness (QED) is 0.426. The number of halogens is 1. The molecule has 3 aromatic rings. The standard InChI is InChI=1S/C23H23BrN2O2/c1-23(2,3)20-13-18(24)11-12-21(20)28-15-22(27)26-25-14-17-9-6-8-16-7-4-5-10-19(16)17/h4-14H,15H2,1-3H3,(H,26,27)/b25-14+. The summed E-state index contributed by atoms with van der Waals surface area (Å²) in [6.07, 6.45) is 1.65. The summed E-state index contributed by atoms with van der Waals surface area (Å²) >= 11 is 3.49. The molecule has 0 aliphatic rings. The van der Waals surface area contributed by atoms with E-state index < -0.39 is 0 Å². The van der Waals surface area contributed by atoms with Gasteiger partial charge in [-0.1, -0.05) is 79.2 Å². The lowest BCUT2D eigenvalue weighted by atomic mass is 9.86. The van der Waals surface area contributed by atoms with Crippen LogP contribution in [0.5, 0.6) is 5.75 Å². The first-order valence-corrected chi connectivity index (χ1v) is 9.86. The van der Waals surface area contributed by atoms with E-state index in [1.165, 1.54) is 0 Å². The summed E-state index contributed by atoms with van der Waals surface area (Å²) in [6, 6.07) is 19.8. The van der Waals surface area contributed by atoms with Crippen LogP contribution < -0.4 is 10.2 Å². The average molecular weight is 439 g/mol. The number of amides is 1. The van der Waals surface area contributed by atoms with Crippen molar-refractivity contribution in [2.45, 2.75) is 26.2 Å². The smallest absolute Gasteiger partial charge is 0.277 e. The van der Waals surface area contributed by atoms with Gasteiger partial charge in [0.15, 0.2) is 6.61 Å². The second-order valence-corrected chi connectivity index (χ2v) is 8.46. The van der Waals surface area contributed by atoms with Gasteiger partial charge in [0, 0.05) is 15.6 Å². The molecule has 0 bridgehead atoms. The minimum Gasteiger partial charge on any atom is -0.483 e. The lowest BCUT2D eigenvalue weighted by Gasteiger charge is -2.23. The Morgan fingerprint density at radius 2 is 1.86 bits per heavy atom. The Morgan fingerprint density at radius 1 is 1.11 bits per heavy atom. The van der Waals surface area contributed by atoms with Gasteiger partial charge in [-0.2, -0.15) is 5.10 Å². The Morgan fingerprint density at radius 3 is 2.64 bits per heavy atom. The van der Waals surface area contributed by atoms with Crippen LogP contribution in [0.25, 0.3) is 10.8 Å². The second-order valence-electron chi connectivity index (χ2n) is 7.54. The van der Waals surface area contributed by atoms with Crippen LogP contribution >= 0.6 is 15.9 Å². The predicted molar refractivity (Wildman–Crippen MR) is 118 cm³/mol. The van der Waals surface area contributed by atoms with Crippen LogP contribution in [-0.4, -0.2) is 18.7 Å². The monoisotopic (exact) mass is 438 g/mol. The molecule has 0 fully saturated rings. The van der Waals surface area contributed by atoms with E-state index in [1.807, 2.05) is 60.7 Å². The molecule has 4 nitrogen and oxygen atoms in total. The third-order valence-corrected chi connectivity index (χ3v) is 4.82. The molecule has 3 aromatic carbocycles. The maximum Gasteiger partial charge on any atom is 0.277 e. The van der Waals surface area contributed by atoms with Crippen LogP contribution in [-0.2, 0) is 10.2 Å². The van der Waals surface area contributed by atoms with Gasteiger partial charge in [-0.3, -0.25) is 4.79 Å². The molecule has 0 saturated heterocycles. The highest BCUT2D eigenvalue weighted by atomic mass is 79.9. The summed E-state index contributed by atoms with van der Waals surface area (Å²) in [7, 11) is 0. The van der Waals surface area contributed by atoms with E-state index in [4.69, 9.17) is 4.74 Å². The summed E-state index contributed by atoms with van der Waals surface area (Å²) in [5.74, 6) is 0.392. The minimum atomic E-state index is -0.306. The van der Waals surface area contributed by atoms with Crippen LogP contribution in [0.2, 0.25) is 0 Å². The number of nitrogens with one attached hydrogen (secondary N) is 1. The number of carbonyl (C=O) groups excluding carboxylic acids is 1. The first kappa shape index (κ1) is 20.1. The van der Waals surface area contributed by atoms with Crippen molar-refractivity contribution in [3.8, 4) is 5.75 Å². The lowest BCUT2D eigenvalue weighted by Crippen LogP contribution is -2.25. The third kappa shape index (κ3) is 4.98. The normalized spacial score (nSPS) is 11.7. The molecular formula is C23H23BrN2O2. The second kappa shape index (κ2) is 8.57. The van der Waals surface area contributed by atoms with Gasteiger partial charge in [-0.25, -0.2) is 5.43 Å². The maximum atomic E-state index is 12.1. The van der Waals surface area contributed by atoms with Crippen molar-refractivity contribution in [2.75, 3.05) is 6.61 Å². The van der Waals surface area contributed by atoms with Gasteiger partial charge in [-0.05, 0) is 34.4 Å². The van der Waals surface area contributed by atoms with Crippen LogP contribution in [0.1, 0.15) is 31.9 Å². The van der Waals surface area contributed by atoms with Gasteiger partial charge in [0.25, 0.3) is 5.91 Å². The Labute approximate surface area is 173 Å². The van der Waals surface area contributed by atoms with E-state index in [0.29, 0.717) is 5.75 Å². The van der Waals surface area contributed by atoms with Crippen molar-refractivity contribution < 1.29 is 9.53 Å². The molecule has 0 spiro atoms. The molecule has 0 saturated carbocycles. The fraction of sp³-hybridized carbons (Fsp3) is 0.217. The van der Waals surface area contributed by atoms with Crippen LogP contribution in [0.15, 0.2) is 70.2 Å². The zero-order valence-corrected chi connectivity index (χ0v) is 17.8. The van der Waals surface area contributed by atoms with Gasteiger partial charge in [0.2, 0.25) is 0 Å². The van der Waals surface area contributed by atoms with Crippen LogP contribution in [0.4, 0.5) is 0 Å². The summed E-state index contributed by atoms with van der Waals surface area (Å²) in [6.45, 7) is 6.22. The number of fused-ring (bicyclic) bond motifs is 1. The fourth-order valence-corrected chi connectivity index (χ4v) is 3.29. The summed E-state index contributed by atoms with van der Waals surface area (Å²) in [5.41, 5.74) is 4.42. The highest BCUT2D eigenvalue weighted by Gasteiger charge is 2.19. The van der Waals surface area contributed by atoms with Crippen molar-refractivity contribution in [1.82, 2.24) is 5.43 Å². The number of rotatable bonds is 5. The molecule has 0 aromatic heterocycles. The Kier molecular flexibility index (Phi) is 6.15. The van der Waals surface area contributed by atoms with E-state index in [9.17, 15) is 4.79 Å². The molecule has 5 heteroatoms. The molecule has 1 N–H and O–H groups in total. The van der Waals surface area contributed by atoms with Gasteiger partial charge in [0.1, 0.15) is 5.75 Å². The fourth-order valence-electron chi connectivity index (χ4n) is 2.93. The number of hydrogen-bond donors (Lipinski definition) is 1. The molecular weight excluding hydrogens is 416 g/mol.